The summed E-state index contributed by atoms with van der Waals surface area (Å²) in [6.45, 7) is 3.88. The topological polar surface area (TPSA) is 75.3 Å². The first-order valence-corrected chi connectivity index (χ1v) is 8.78. The largest absolute Gasteiger partial charge is 0.325 e. The van der Waals surface area contributed by atoms with Gasteiger partial charge < -0.3 is 5.32 Å². The van der Waals surface area contributed by atoms with Crippen molar-refractivity contribution in [2.45, 2.75) is 30.7 Å². The van der Waals surface area contributed by atoms with Gasteiger partial charge in [0.1, 0.15) is 0 Å². The van der Waals surface area contributed by atoms with Crippen LogP contribution in [0.25, 0.3) is 0 Å². The summed E-state index contributed by atoms with van der Waals surface area (Å²) in [6, 6.07) is 13.7. The highest BCUT2D eigenvalue weighted by Crippen LogP contribution is 2.37. The molecule has 0 saturated heterocycles. The fourth-order valence-corrected chi connectivity index (χ4v) is 3.63. The van der Waals surface area contributed by atoms with E-state index in [1.54, 1.807) is 30.3 Å². The van der Waals surface area contributed by atoms with E-state index in [0.717, 1.165) is 16.8 Å². The fourth-order valence-electron chi connectivity index (χ4n) is 2.59. The number of benzene rings is 2. The van der Waals surface area contributed by atoms with Crippen LogP contribution < -0.4 is 10.0 Å². The van der Waals surface area contributed by atoms with Crippen LogP contribution in [-0.2, 0) is 26.8 Å². The van der Waals surface area contributed by atoms with Gasteiger partial charge in [0.2, 0.25) is 15.9 Å². The lowest BCUT2D eigenvalue weighted by molar-refractivity contribution is -0.119. The van der Waals surface area contributed by atoms with Crippen LogP contribution in [0.1, 0.15) is 25.0 Å². The standard InChI is InChI=1S/C17H18N2O3S/c1-17(2)14-10-12(8-9-15(14)19-16(17)20)11-18-23(21,22)13-6-4-3-5-7-13/h3-10,18H,11H2,1-2H3,(H,19,20). The summed E-state index contributed by atoms with van der Waals surface area (Å²) >= 11 is 0. The molecule has 0 fully saturated rings. The van der Waals surface area contributed by atoms with Crippen molar-refractivity contribution >= 4 is 21.6 Å². The molecule has 6 heteroatoms. The zero-order valence-corrected chi connectivity index (χ0v) is 13.8. The lowest BCUT2D eigenvalue weighted by Gasteiger charge is -2.16. The maximum atomic E-state index is 12.2. The quantitative estimate of drug-likeness (QED) is 0.904. The monoisotopic (exact) mass is 330 g/mol. The number of amides is 1. The molecular weight excluding hydrogens is 312 g/mol. The first kappa shape index (κ1) is 15.7. The molecule has 0 aromatic heterocycles. The minimum Gasteiger partial charge on any atom is -0.325 e. The van der Waals surface area contributed by atoms with Crippen LogP contribution >= 0.6 is 0 Å². The summed E-state index contributed by atoms with van der Waals surface area (Å²) in [6.07, 6.45) is 0. The Kier molecular flexibility index (Phi) is 3.74. The van der Waals surface area contributed by atoms with Gasteiger partial charge in [0.05, 0.1) is 10.3 Å². The second-order valence-electron chi connectivity index (χ2n) is 6.10. The number of anilines is 1. The molecule has 5 nitrogen and oxygen atoms in total. The summed E-state index contributed by atoms with van der Waals surface area (Å²) in [5, 5.41) is 2.84. The molecule has 1 aliphatic heterocycles. The Bertz CT molecular complexity index is 859. The van der Waals surface area contributed by atoms with Gasteiger partial charge in [-0.1, -0.05) is 30.3 Å². The van der Waals surface area contributed by atoms with Crippen molar-refractivity contribution in [1.82, 2.24) is 4.72 Å². The molecule has 2 aromatic carbocycles. The molecule has 2 N–H and O–H groups in total. The summed E-state index contributed by atoms with van der Waals surface area (Å²) in [5.41, 5.74) is 1.88. The van der Waals surface area contributed by atoms with Gasteiger partial charge in [-0.2, -0.15) is 0 Å². The van der Waals surface area contributed by atoms with Gasteiger partial charge in [0, 0.05) is 12.2 Å². The fraction of sp³-hybridized carbons (Fsp3) is 0.235. The van der Waals surface area contributed by atoms with Gasteiger partial charge in [0.25, 0.3) is 0 Å². The van der Waals surface area contributed by atoms with Gasteiger partial charge in [-0.25, -0.2) is 13.1 Å². The molecule has 120 valence electrons. The molecule has 1 aliphatic rings. The van der Waals surface area contributed by atoms with E-state index in [9.17, 15) is 13.2 Å². The third-order valence-corrected chi connectivity index (χ3v) is 5.51. The molecule has 1 heterocycles. The number of carbonyl (C=O) groups is 1. The predicted octanol–water partition coefficient (Wildman–Crippen LogP) is 2.39. The summed E-state index contributed by atoms with van der Waals surface area (Å²) in [5.74, 6) is -0.0467. The van der Waals surface area contributed by atoms with E-state index in [2.05, 4.69) is 10.0 Å². The Labute approximate surface area is 135 Å². The Morgan fingerprint density at radius 2 is 1.78 bits per heavy atom. The molecule has 0 saturated carbocycles. The molecular formula is C17H18N2O3S. The number of hydrogen-bond donors (Lipinski definition) is 2. The number of hydrogen-bond acceptors (Lipinski definition) is 3. The zero-order chi connectivity index (χ0) is 16.7. The van der Waals surface area contributed by atoms with Crippen LogP contribution in [0, 0.1) is 0 Å². The highest BCUT2D eigenvalue weighted by atomic mass is 32.2. The number of fused-ring (bicyclic) bond motifs is 1. The van der Waals surface area contributed by atoms with Crippen molar-refractivity contribution in [2.75, 3.05) is 5.32 Å². The summed E-state index contributed by atoms with van der Waals surface area (Å²) in [7, 11) is -3.54. The predicted molar refractivity (Wildman–Crippen MR) is 88.6 cm³/mol. The highest BCUT2D eigenvalue weighted by Gasteiger charge is 2.38. The molecule has 1 amide bonds. The Balaban J connectivity index is 1.81. The molecule has 23 heavy (non-hydrogen) atoms. The molecule has 0 spiro atoms. The molecule has 0 aliphatic carbocycles. The Morgan fingerprint density at radius 3 is 2.48 bits per heavy atom. The second-order valence-corrected chi connectivity index (χ2v) is 7.86. The summed E-state index contributed by atoms with van der Waals surface area (Å²) in [4.78, 5) is 12.2. The number of sulfonamides is 1. The average molecular weight is 330 g/mol. The van der Waals surface area contributed by atoms with E-state index < -0.39 is 15.4 Å². The lowest BCUT2D eigenvalue weighted by Crippen LogP contribution is -2.27. The molecule has 2 aromatic rings. The first-order chi connectivity index (χ1) is 10.8. The lowest BCUT2D eigenvalue weighted by atomic mass is 9.85. The second kappa shape index (κ2) is 5.47. The third kappa shape index (κ3) is 2.87. The van der Waals surface area contributed by atoms with Gasteiger partial charge in [-0.05, 0) is 43.2 Å². The first-order valence-electron chi connectivity index (χ1n) is 7.30. The van der Waals surface area contributed by atoms with E-state index in [-0.39, 0.29) is 17.3 Å². The normalized spacial score (nSPS) is 16.0. The molecule has 0 atom stereocenters. The van der Waals surface area contributed by atoms with E-state index >= 15 is 0 Å². The minimum absolute atomic E-state index is 0.0467. The molecule has 0 radical (unpaired) electrons. The number of carbonyl (C=O) groups excluding carboxylic acids is 1. The van der Waals surface area contributed by atoms with E-state index in [0.29, 0.717) is 0 Å². The highest BCUT2D eigenvalue weighted by molar-refractivity contribution is 7.89. The van der Waals surface area contributed by atoms with Gasteiger partial charge in [0.15, 0.2) is 0 Å². The van der Waals surface area contributed by atoms with Crippen molar-refractivity contribution in [1.29, 1.82) is 0 Å². The van der Waals surface area contributed by atoms with E-state index in [1.807, 2.05) is 32.0 Å². The van der Waals surface area contributed by atoms with Gasteiger partial charge >= 0.3 is 0 Å². The number of nitrogens with one attached hydrogen (secondary N) is 2. The van der Waals surface area contributed by atoms with Crippen molar-refractivity contribution in [3.05, 3.63) is 59.7 Å². The van der Waals surface area contributed by atoms with Crippen LogP contribution in [0.2, 0.25) is 0 Å². The van der Waals surface area contributed by atoms with Crippen LogP contribution in [-0.4, -0.2) is 14.3 Å². The average Bonchev–Trinajstić information content (AvgIpc) is 2.76. The zero-order valence-electron chi connectivity index (χ0n) is 13.0. The van der Waals surface area contributed by atoms with Crippen molar-refractivity contribution < 1.29 is 13.2 Å². The molecule has 0 bridgehead atoms. The molecule has 0 unspecified atom stereocenters. The maximum absolute atomic E-state index is 12.2. The molecule has 3 rings (SSSR count). The van der Waals surface area contributed by atoms with Gasteiger partial charge in [-0.3, -0.25) is 4.79 Å². The van der Waals surface area contributed by atoms with Gasteiger partial charge in [-0.15, -0.1) is 0 Å². The van der Waals surface area contributed by atoms with Crippen LogP contribution in [0.15, 0.2) is 53.4 Å². The minimum atomic E-state index is -3.54. The van der Waals surface area contributed by atoms with Crippen LogP contribution in [0.4, 0.5) is 5.69 Å². The van der Waals surface area contributed by atoms with Crippen molar-refractivity contribution in [3.63, 3.8) is 0 Å². The van der Waals surface area contributed by atoms with Crippen LogP contribution in [0.5, 0.6) is 0 Å². The smallest absolute Gasteiger partial charge is 0.240 e. The SMILES string of the molecule is CC1(C)C(=O)Nc2ccc(CNS(=O)(=O)c3ccccc3)cc21. The van der Waals surface area contributed by atoms with Crippen LogP contribution in [0.3, 0.4) is 0 Å². The Morgan fingerprint density at radius 1 is 1.09 bits per heavy atom. The third-order valence-electron chi connectivity index (χ3n) is 4.09. The van der Waals surface area contributed by atoms with Crippen molar-refractivity contribution in [2.24, 2.45) is 0 Å². The summed E-state index contributed by atoms with van der Waals surface area (Å²) < 4.78 is 27.1. The van der Waals surface area contributed by atoms with E-state index in [1.165, 1.54) is 0 Å². The van der Waals surface area contributed by atoms with E-state index in [4.69, 9.17) is 0 Å². The number of rotatable bonds is 4. The Hall–Kier alpha value is -2.18. The van der Waals surface area contributed by atoms with Crippen molar-refractivity contribution in [3.8, 4) is 0 Å². The maximum Gasteiger partial charge on any atom is 0.240 e.